The van der Waals surface area contributed by atoms with E-state index >= 15 is 0 Å². The fourth-order valence-electron chi connectivity index (χ4n) is 2.25. The van der Waals surface area contributed by atoms with E-state index in [1.807, 2.05) is 0 Å². The first-order valence-electron chi connectivity index (χ1n) is 7.24. The van der Waals surface area contributed by atoms with Gasteiger partial charge in [-0.1, -0.05) is 11.6 Å². The fraction of sp³-hybridized carbons (Fsp3) is 0.500. The molecule has 0 spiro atoms. The van der Waals surface area contributed by atoms with Gasteiger partial charge in [-0.2, -0.15) is 18.2 Å². The van der Waals surface area contributed by atoms with Gasteiger partial charge in [0.1, 0.15) is 0 Å². The molecule has 10 heteroatoms. The van der Waals surface area contributed by atoms with E-state index < -0.39 is 12.1 Å². The van der Waals surface area contributed by atoms with E-state index in [1.165, 1.54) is 23.5 Å². The molecule has 3 rings (SSSR count). The number of hydroxylamine groups is 2. The van der Waals surface area contributed by atoms with Crippen molar-refractivity contribution < 1.29 is 27.3 Å². The Hall–Kier alpha value is -1.94. The van der Waals surface area contributed by atoms with Gasteiger partial charge in [-0.15, -0.1) is 11.3 Å². The fourth-order valence-corrected chi connectivity index (χ4v) is 3.17. The zero-order valence-corrected chi connectivity index (χ0v) is 13.5. The summed E-state index contributed by atoms with van der Waals surface area (Å²) in [5.74, 6) is -1.59. The maximum absolute atomic E-state index is 12.5. The molecule has 2 aromatic rings. The number of halogens is 3. The van der Waals surface area contributed by atoms with Crippen LogP contribution < -0.4 is 0 Å². The smallest absolute Gasteiger partial charge is 0.329 e. The summed E-state index contributed by atoms with van der Waals surface area (Å²) < 4.78 is 41.7. The molecule has 1 amide bonds. The van der Waals surface area contributed by atoms with Gasteiger partial charge in [0.05, 0.1) is 18.5 Å². The highest BCUT2D eigenvalue weighted by Gasteiger charge is 2.38. The number of thiophene rings is 1. The Balaban J connectivity index is 1.70. The number of hydrogen-bond acceptors (Lipinski definition) is 6. The molecule has 2 heterocycles. The zero-order chi connectivity index (χ0) is 17.3. The maximum Gasteiger partial charge on any atom is 0.471 e. The molecular weight excluding hydrogens is 347 g/mol. The predicted octanol–water partition coefficient (Wildman–Crippen LogP) is 3.51. The molecule has 0 unspecified atom stereocenters. The highest BCUT2D eigenvalue weighted by molar-refractivity contribution is 7.15. The minimum Gasteiger partial charge on any atom is -0.329 e. The molecule has 2 aromatic heterocycles. The van der Waals surface area contributed by atoms with Crippen molar-refractivity contribution in [2.75, 3.05) is 7.11 Å². The van der Waals surface area contributed by atoms with Crippen LogP contribution in [-0.4, -0.2) is 28.2 Å². The van der Waals surface area contributed by atoms with Gasteiger partial charge >= 0.3 is 12.1 Å². The van der Waals surface area contributed by atoms with Crippen molar-refractivity contribution in [2.45, 2.75) is 32.0 Å². The van der Waals surface area contributed by atoms with Gasteiger partial charge in [0, 0.05) is 10.8 Å². The van der Waals surface area contributed by atoms with Crippen LogP contribution in [0.3, 0.4) is 0 Å². The number of hydrogen-bond donors (Lipinski definition) is 0. The summed E-state index contributed by atoms with van der Waals surface area (Å²) >= 11 is 1.18. The number of nitrogens with zero attached hydrogens (tertiary/aromatic N) is 3. The van der Waals surface area contributed by atoms with Crippen molar-refractivity contribution in [3.63, 3.8) is 0 Å². The Morgan fingerprint density at radius 3 is 2.75 bits per heavy atom. The van der Waals surface area contributed by atoms with Gasteiger partial charge in [-0.25, -0.2) is 5.06 Å². The van der Waals surface area contributed by atoms with Crippen LogP contribution in [0, 0.1) is 5.92 Å². The summed E-state index contributed by atoms with van der Waals surface area (Å²) in [6.07, 6.45) is -1.92. The van der Waals surface area contributed by atoms with Crippen LogP contribution >= 0.6 is 11.3 Å². The molecule has 0 N–H and O–H groups in total. The highest BCUT2D eigenvalue weighted by Crippen LogP contribution is 2.33. The maximum atomic E-state index is 12.5. The molecular formula is C14H14F3N3O3S. The zero-order valence-electron chi connectivity index (χ0n) is 12.7. The lowest BCUT2D eigenvalue weighted by molar-refractivity contribution is -0.186. The SMILES string of the molecule is CON(Cc1ccc(-c2noc(C(F)(F)F)n2)s1)C(=O)C1CCC1. The summed E-state index contributed by atoms with van der Waals surface area (Å²) in [5, 5.41) is 4.62. The van der Waals surface area contributed by atoms with E-state index in [1.54, 1.807) is 12.1 Å². The summed E-state index contributed by atoms with van der Waals surface area (Å²) in [6.45, 7) is 0.223. The molecule has 0 atom stereocenters. The van der Waals surface area contributed by atoms with Crippen molar-refractivity contribution >= 4 is 17.2 Å². The summed E-state index contributed by atoms with van der Waals surface area (Å²) in [4.78, 5) is 21.8. The van der Waals surface area contributed by atoms with Crippen molar-refractivity contribution in [2.24, 2.45) is 5.92 Å². The minimum atomic E-state index is -4.67. The molecule has 1 aliphatic rings. The van der Waals surface area contributed by atoms with Gasteiger partial charge < -0.3 is 4.52 Å². The first-order valence-corrected chi connectivity index (χ1v) is 8.05. The van der Waals surface area contributed by atoms with Crippen molar-refractivity contribution in [1.29, 1.82) is 0 Å². The number of amides is 1. The average molecular weight is 361 g/mol. The molecule has 0 aliphatic heterocycles. The number of aromatic nitrogens is 2. The normalized spacial score (nSPS) is 15.3. The topological polar surface area (TPSA) is 68.5 Å². The van der Waals surface area contributed by atoms with Crippen LogP contribution in [0.2, 0.25) is 0 Å². The molecule has 0 radical (unpaired) electrons. The lowest BCUT2D eigenvalue weighted by Crippen LogP contribution is -2.37. The van der Waals surface area contributed by atoms with Gasteiger partial charge in [0.15, 0.2) is 0 Å². The molecule has 1 fully saturated rings. The van der Waals surface area contributed by atoms with E-state index in [0.29, 0.717) is 4.88 Å². The van der Waals surface area contributed by atoms with Crippen molar-refractivity contribution in [3.05, 3.63) is 22.9 Å². The molecule has 0 bridgehead atoms. The van der Waals surface area contributed by atoms with Gasteiger partial charge in [-0.05, 0) is 25.0 Å². The van der Waals surface area contributed by atoms with E-state index in [2.05, 4.69) is 14.7 Å². The Labute approximate surface area is 139 Å². The average Bonchev–Trinajstić information content (AvgIpc) is 3.10. The van der Waals surface area contributed by atoms with Crippen LogP contribution in [-0.2, 0) is 22.4 Å². The Bertz CT molecular complexity index is 724. The van der Waals surface area contributed by atoms with Crippen LogP contribution in [0.15, 0.2) is 16.7 Å². The first-order chi connectivity index (χ1) is 11.4. The molecule has 1 saturated carbocycles. The summed E-state index contributed by atoms with van der Waals surface area (Å²) in [5.41, 5.74) is 0. The molecule has 0 saturated heterocycles. The van der Waals surface area contributed by atoms with E-state index in [9.17, 15) is 18.0 Å². The van der Waals surface area contributed by atoms with Crippen molar-refractivity contribution in [3.8, 4) is 10.7 Å². The molecule has 24 heavy (non-hydrogen) atoms. The van der Waals surface area contributed by atoms with Crippen LogP contribution in [0.5, 0.6) is 0 Å². The largest absolute Gasteiger partial charge is 0.471 e. The van der Waals surface area contributed by atoms with Crippen LogP contribution in [0.4, 0.5) is 13.2 Å². The van der Waals surface area contributed by atoms with Crippen LogP contribution in [0.25, 0.3) is 10.7 Å². The second-order valence-electron chi connectivity index (χ2n) is 5.37. The summed E-state index contributed by atoms with van der Waals surface area (Å²) in [7, 11) is 1.42. The molecule has 6 nitrogen and oxygen atoms in total. The number of carbonyl (C=O) groups excluding carboxylic acids is 1. The van der Waals surface area contributed by atoms with Crippen LogP contribution in [0.1, 0.15) is 30.0 Å². The summed E-state index contributed by atoms with van der Waals surface area (Å²) in [6, 6.07) is 3.29. The lowest BCUT2D eigenvalue weighted by Gasteiger charge is -2.29. The number of rotatable bonds is 5. The van der Waals surface area contributed by atoms with Gasteiger partial charge in [0.2, 0.25) is 11.7 Å². The standard InChI is InChI=1S/C14H14F3N3O3S/c1-22-20(12(21)8-3-2-4-8)7-9-5-6-10(24-9)11-18-13(23-19-11)14(15,16)17/h5-6,8H,2-4,7H2,1H3. The van der Waals surface area contributed by atoms with Gasteiger partial charge in [0.25, 0.3) is 0 Å². The monoisotopic (exact) mass is 361 g/mol. The second-order valence-corrected chi connectivity index (χ2v) is 6.54. The Morgan fingerprint density at radius 2 is 2.21 bits per heavy atom. The third-order valence-corrected chi connectivity index (χ3v) is 4.84. The van der Waals surface area contributed by atoms with Crippen molar-refractivity contribution in [1.82, 2.24) is 15.2 Å². The lowest BCUT2D eigenvalue weighted by atomic mass is 9.85. The number of alkyl halides is 3. The third-order valence-electron chi connectivity index (χ3n) is 3.77. The van der Waals surface area contributed by atoms with E-state index in [0.717, 1.165) is 24.1 Å². The quantitative estimate of drug-likeness (QED) is 0.763. The molecule has 0 aromatic carbocycles. The Kier molecular flexibility index (Phi) is 4.59. The molecule has 130 valence electrons. The number of carbonyl (C=O) groups is 1. The van der Waals surface area contributed by atoms with E-state index in [-0.39, 0.29) is 24.2 Å². The van der Waals surface area contributed by atoms with E-state index in [4.69, 9.17) is 4.84 Å². The predicted molar refractivity (Wildman–Crippen MR) is 77.5 cm³/mol. The first kappa shape index (κ1) is 16.9. The highest BCUT2D eigenvalue weighted by atomic mass is 32.1. The molecule has 1 aliphatic carbocycles. The Morgan fingerprint density at radius 1 is 1.46 bits per heavy atom. The second kappa shape index (κ2) is 6.52. The third kappa shape index (κ3) is 3.44. The minimum absolute atomic E-state index is 0.00377. The van der Waals surface area contributed by atoms with Gasteiger partial charge in [-0.3, -0.25) is 9.63 Å².